The van der Waals surface area contributed by atoms with Crippen molar-refractivity contribution in [2.75, 3.05) is 6.61 Å². The third kappa shape index (κ3) is 3.43. The van der Waals surface area contributed by atoms with E-state index in [2.05, 4.69) is 5.32 Å². The minimum atomic E-state index is -2.38. The molecule has 2 rings (SSSR count). The summed E-state index contributed by atoms with van der Waals surface area (Å²) in [7, 11) is 0. The van der Waals surface area contributed by atoms with E-state index in [0.29, 0.717) is 16.7 Å². The second-order valence-corrected chi connectivity index (χ2v) is 5.82. The van der Waals surface area contributed by atoms with Gasteiger partial charge in [-0.2, -0.15) is 8.78 Å². The first-order chi connectivity index (χ1) is 8.54. The lowest BCUT2D eigenvalue weighted by atomic mass is 10.1. The Kier molecular flexibility index (Phi) is 4.25. The van der Waals surface area contributed by atoms with Crippen molar-refractivity contribution in [3.63, 3.8) is 0 Å². The second-order valence-electron chi connectivity index (χ2n) is 4.75. The smallest absolute Gasteiger partial charge is 0.288 e. The third-order valence-electron chi connectivity index (χ3n) is 3.28. The molecule has 1 aliphatic rings. The van der Waals surface area contributed by atoms with Crippen LogP contribution < -0.4 is 5.32 Å². The van der Waals surface area contributed by atoms with Crippen molar-refractivity contribution in [3.8, 4) is 0 Å². The summed E-state index contributed by atoms with van der Waals surface area (Å²) in [4.78, 5) is 0.573. The Hall–Kier alpha value is -0.650. The van der Waals surface area contributed by atoms with Crippen LogP contribution in [0.25, 0.3) is 0 Å². The van der Waals surface area contributed by atoms with Gasteiger partial charge in [0.1, 0.15) is 0 Å². The lowest BCUT2D eigenvalue weighted by Gasteiger charge is -2.21. The molecule has 0 radical (unpaired) electrons. The van der Waals surface area contributed by atoms with E-state index in [9.17, 15) is 13.9 Å². The van der Waals surface area contributed by atoms with Gasteiger partial charge in [-0.15, -0.1) is 0 Å². The van der Waals surface area contributed by atoms with Crippen molar-refractivity contribution < 1.29 is 13.9 Å². The van der Waals surface area contributed by atoms with E-state index in [1.54, 1.807) is 12.1 Å². The Morgan fingerprint density at radius 2 is 1.94 bits per heavy atom. The fourth-order valence-electron chi connectivity index (χ4n) is 1.98. The molecule has 2 nitrogen and oxygen atoms in total. The summed E-state index contributed by atoms with van der Waals surface area (Å²) >= 11 is 0.555. The molecule has 1 atom stereocenters. The molecule has 0 saturated heterocycles. The first kappa shape index (κ1) is 13.8. The van der Waals surface area contributed by atoms with Crippen LogP contribution in [0.2, 0.25) is 0 Å². The molecule has 0 heterocycles. The van der Waals surface area contributed by atoms with Gasteiger partial charge in [0, 0.05) is 16.5 Å². The van der Waals surface area contributed by atoms with Crippen LogP contribution >= 0.6 is 11.8 Å². The molecule has 5 heteroatoms. The zero-order chi connectivity index (χ0) is 13.2. The number of thioether (sulfide) groups is 1. The van der Waals surface area contributed by atoms with Gasteiger partial charge in [-0.05, 0) is 37.5 Å². The Balaban J connectivity index is 1.96. The standard InChI is InChI=1S/C13H17F2NOS/c1-9(16-13(8-17)6-7-13)10-2-4-11(5-3-10)18-12(14)15/h2-5,9,12,16-17H,6-8H2,1H3/t9-/m1/s1. The molecule has 0 aromatic heterocycles. The highest BCUT2D eigenvalue weighted by molar-refractivity contribution is 7.99. The summed E-state index contributed by atoms with van der Waals surface area (Å²) < 4.78 is 24.4. The van der Waals surface area contributed by atoms with Gasteiger partial charge in [-0.3, -0.25) is 0 Å². The summed E-state index contributed by atoms with van der Waals surface area (Å²) in [6.07, 6.45) is 1.99. The highest BCUT2D eigenvalue weighted by Gasteiger charge is 2.42. The monoisotopic (exact) mass is 273 g/mol. The SMILES string of the molecule is C[C@@H](NC1(CO)CC1)c1ccc(SC(F)F)cc1. The lowest BCUT2D eigenvalue weighted by Crippen LogP contribution is -2.36. The van der Waals surface area contributed by atoms with E-state index in [1.165, 1.54) is 0 Å². The van der Waals surface area contributed by atoms with Gasteiger partial charge in [-0.25, -0.2) is 0 Å². The van der Waals surface area contributed by atoms with E-state index in [-0.39, 0.29) is 18.2 Å². The number of hydrogen-bond donors (Lipinski definition) is 2. The van der Waals surface area contributed by atoms with Gasteiger partial charge in [0.2, 0.25) is 0 Å². The second kappa shape index (κ2) is 5.55. The fraction of sp³-hybridized carbons (Fsp3) is 0.538. The van der Waals surface area contributed by atoms with Crippen molar-refractivity contribution >= 4 is 11.8 Å². The average molecular weight is 273 g/mol. The number of aliphatic hydroxyl groups is 1. The molecule has 0 unspecified atom stereocenters. The molecule has 1 aromatic carbocycles. The van der Waals surface area contributed by atoms with Crippen LogP contribution in [0.1, 0.15) is 31.4 Å². The van der Waals surface area contributed by atoms with E-state index in [4.69, 9.17) is 0 Å². The third-order valence-corrected chi connectivity index (χ3v) is 4.01. The van der Waals surface area contributed by atoms with E-state index >= 15 is 0 Å². The van der Waals surface area contributed by atoms with Crippen molar-refractivity contribution in [1.29, 1.82) is 0 Å². The minimum Gasteiger partial charge on any atom is -0.394 e. The summed E-state index contributed by atoms with van der Waals surface area (Å²) in [5.41, 5.74) is 0.934. The molecular weight excluding hydrogens is 256 g/mol. The van der Waals surface area contributed by atoms with Crippen molar-refractivity contribution in [3.05, 3.63) is 29.8 Å². The van der Waals surface area contributed by atoms with E-state index in [1.807, 2.05) is 19.1 Å². The minimum absolute atomic E-state index is 0.115. The molecule has 1 fully saturated rings. The molecule has 0 aliphatic heterocycles. The van der Waals surface area contributed by atoms with Gasteiger partial charge in [0.25, 0.3) is 5.76 Å². The molecule has 1 aromatic rings. The normalized spacial score (nSPS) is 18.9. The number of aliphatic hydroxyl groups excluding tert-OH is 1. The Labute approximate surface area is 110 Å². The highest BCUT2D eigenvalue weighted by Crippen LogP contribution is 2.37. The quantitative estimate of drug-likeness (QED) is 0.781. The number of hydrogen-bond acceptors (Lipinski definition) is 3. The predicted molar refractivity (Wildman–Crippen MR) is 68.9 cm³/mol. The predicted octanol–water partition coefficient (Wildman–Crippen LogP) is 3.18. The molecule has 1 saturated carbocycles. The number of rotatable bonds is 6. The molecule has 18 heavy (non-hydrogen) atoms. The number of alkyl halides is 2. The Morgan fingerprint density at radius 3 is 2.39 bits per heavy atom. The lowest BCUT2D eigenvalue weighted by molar-refractivity contribution is 0.221. The molecule has 100 valence electrons. The molecule has 0 amide bonds. The van der Waals surface area contributed by atoms with E-state index in [0.717, 1.165) is 18.4 Å². The van der Waals surface area contributed by atoms with Crippen LogP contribution in [-0.4, -0.2) is 23.0 Å². The molecule has 0 spiro atoms. The highest BCUT2D eigenvalue weighted by atomic mass is 32.2. The maximum Gasteiger partial charge on any atom is 0.288 e. The maximum atomic E-state index is 12.2. The van der Waals surface area contributed by atoms with Crippen molar-refractivity contribution in [1.82, 2.24) is 5.32 Å². The summed E-state index contributed by atoms with van der Waals surface area (Å²) in [6.45, 7) is 2.17. The van der Waals surface area contributed by atoms with Gasteiger partial charge < -0.3 is 10.4 Å². The first-order valence-corrected chi connectivity index (χ1v) is 6.86. The summed E-state index contributed by atoms with van der Waals surface area (Å²) in [6, 6.07) is 7.25. The van der Waals surface area contributed by atoms with Crippen LogP contribution in [0.5, 0.6) is 0 Å². The number of benzene rings is 1. The number of halogens is 2. The fourth-order valence-corrected chi connectivity index (χ4v) is 2.48. The van der Waals surface area contributed by atoms with Crippen LogP contribution in [0.15, 0.2) is 29.2 Å². The molecule has 0 bridgehead atoms. The molecule has 1 aliphatic carbocycles. The summed E-state index contributed by atoms with van der Waals surface area (Å²) in [5.74, 6) is -2.38. The maximum absolute atomic E-state index is 12.2. The van der Waals surface area contributed by atoms with Crippen LogP contribution in [0.4, 0.5) is 8.78 Å². The Bertz CT molecular complexity index is 392. The van der Waals surface area contributed by atoms with Crippen LogP contribution in [0.3, 0.4) is 0 Å². The molecular formula is C13H17F2NOS. The van der Waals surface area contributed by atoms with Gasteiger partial charge in [-0.1, -0.05) is 23.9 Å². The van der Waals surface area contributed by atoms with Gasteiger partial charge >= 0.3 is 0 Å². The summed E-state index contributed by atoms with van der Waals surface area (Å²) in [5, 5.41) is 12.6. The largest absolute Gasteiger partial charge is 0.394 e. The zero-order valence-electron chi connectivity index (χ0n) is 10.2. The topological polar surface area (TPSA) is 32.3 Å². The Morgan fingerprint density at radius 1 is 1.33 bits per heavy atom. The van der Waals surface area contributed by atoms with Gasteiger partial charge in [0.05, 0.1) is 6.61 Å². The van der Waals surface area contributed by atoms with Crippen LogP contribution in [0, 0.1) is 0 Å². The average Bonchev–Trinajstić information content (AvgIpc) is 3.09. The molecule has 2 N–H and O–H groups in total. The zero-order valence-corrected chi connectivity index (χ0v) is 11.0. The van der Waals surface area contributed by atoms with Crippen LogP contribution in [-0.2, 0) is 0 Å². The van der Waals surface area contributed by atoms with Crippen molar-refractivity contribution in [2.45, 2.75) is 42.0 Å². The first-order valence-electron chi connectivity index (χ1n) is 5.98. The number of nitrogens with one attached hydrogen (secondary N) is 1. The van der Waals surface area contributed by atoms with Crippen molar-refractivity contribution in [2.24, 2.45) is 0 Å². The van der Waals surface area contributed by atoms with Gasteiger partial charge in [0.15, 0.2) is 0 Å². The van der Waals surface area contributed by atoms with E-state index < -0.39 is 5.76 Å².